The SMILES string of the molecule is CCCCCCNC(N)=NCCCOCC1CC1.I. The highest BCUT2D eigenvalue weighted by Crippen LogP contribution is 2.28. The Morgan fingerprint density at radius 3 is 2.74 bits per heavy atom. The molecule has 19 heavy (non-hydrogen) atoms. The standard InChI is InChI=1S/C14H29N3O.HI/c1-2-3-4-5-9-16-14(15)17-10-6-11-18-12-13-7-8-13;/h13H,2-12H2,1H3,(H3,15,16,17);1H. The molecular weight excluding hydrogens is 353 g/mol. The Morgan fingerprint density at radius 1 is 1.26 bits per heavy atom. The molecule has 1 aliphatic carbocycles. The second-order valence-electron chi connectivity index (χ2n) is 5.13. The van der Waals surface area contributed by atoms with Crippen LogP contribution < -0.4 is 11.1 Å². The Balaban J connectivity index is 0.00000324. The normalized spacial score (nSPS) is 15.1. The van der Waals surface area contributed by atoms with Gasteiger partial charge in [0.05, 0.1) is 0 Å². The molecule has 0 aromatic rings. The Morgan fingerprint density at radius 2 is 2.05 bits per heavy atom. The maximum atomic E-state index is 5.76. The highest BCUT2D eigenvalue weighted by molar-refractivity contribution is 14.0. The zero-order valence-electron chi connectivity index (χ0n) is 12.2. The van der Waals surface area contributed by atoms with Gasteiger partial charge in [-0.15, -0.1) is 24.0 Å². The number of nitrogens with zero attached hydrogens (tertiary/aromatic N) is 1. The molecule has 0 saturated heterocycles. The summed E-state index contributed by atoms with van der Waals surface area (Å²) in [4.78, 5) is 4.28. The van der Waals surface area contributed by atoms with Crippen molar-refractivity contribution in [2.75, 3.05) is 26.3 Å². The molecule has 1 rings (SSSR count). The molecule has 0 aliphatic heterocycles. The van der Waals surface area contributed by atoms with Crippen LogP contribution in [0.3, 0.4) is 0 Å². The Labute approximate surface area is 135 Å². The van der Waals surface area contributed by atoms with Gasteiger partial charge >= 0.3 is 0 Å². The number of nitrogens with two attached hydrogens (primary N) is 1. The third kappa shape index (κ3) is 12.7. The number of halogens is 1. The summed E-state index contributed by atoms with van der Waals surface area (Å²) in [7, 11) is 0. The highest BCUT2D eigenvalue weighted by Gasteiger charge is 2.20. The average Bonchev–Trinajstić information content (AvgIpc) is 3.17. The first-order valence-corrected chi connectivity index (χ1v) is 7.44. The summed E-state index contributed by atoms with van der Waals surface area (Å²) in [5.41, 5.74) is 5.76. The van der Waals surface area contributed by atoms with E-state index in [0.717, 1.165) is 38.6 Å². The second-order valence-corrected chi connectivity index (χ2v) is 5.13. The van der Waals surface area contributed by atoms with Crippen molar-refractivity contribution in [1.29, 1.82) is 0 Å². The molecule has 1 aliphatic rings. The van der Waals surface area contributed by atoms with Crippen molar-refractivity contribution in [3.05, 3.63) is 0 Å². The molecule has 0 radical (unpaired) electrons. The summed E-state index contributed by atoms with van der Waals surface area (Å²) >= 11 is 0. The molecule has 114 valence electrons. The third-order valence-electron chi connectivity index (χ3n) is 3.12. The van der Waals surface area contributed by atoms with E-state index in [0.29, 0.717) is 5.96 Å². The van der Waals surface area contributed by atoms with Crippen molar-refractivity contribution in [3.8, 4) is 0 Å². The molecule has 0 bridgehead atoms. The van der Waals surface area contributed by atoms with Gasteiger partial charge in [-0.2, -0.15) is 0 Å². The fourth-order valence-corrected chi connectivity index (χ4v) is 1.72. The zero-order valence-corrected chi connectivity index (χ0v) is 14.5. The highest BCUT2D eigenvalue weighted by atomic mass is 127. The van der Waals surface area contributed by atoms with Crippen molar-refractivity contribution >= 4 is 29.9 Å². The lowest BCUT2D eigenvalue weighted by Crippen LogP contribution is -2.32. The maximum Gasteiger partial charge on any atom is 0.188 e. The summed E-state index contributed by atoms with van der Waals surface area (Å²) in [6, 6.07) is 0. The minimum absolute atomic E-state index is 0. The molecule has 0 heterocycles. The lowest BCUT2D eigenvalue weighted by molar-refractivity contribution is 0.123. The van der Waals surface area contributed by atoms with E-state index >= 15 is 0 Å². The molecular formula is C14H30IN3O. The quantitative estimate of drug-likeness (QED) is 0.250. The van der Waals surface area contributed by atoms with Crippen LogP contribution in [0, 0.1) is 5.92 Å². The topological polar surface area (TPSA) is 59.6 Å². The van der Waals surface area contributed by atoms with Crippen LogP contribution in [0.25, 0.3) is 0 Å². The number of nitrogens with one attached hydrogen (secondary N) is 1. The van der Waals surface area contributed by atoms with E-state index in [2.05, 4.69) is 17.2 Å². The number of aliphatic imine (C=N–C) groups is 1. The molecule has 0 aromatic heterocycles. The van der Waals surface area contributed by atoms with Gasteiger partial charge in [0.1, 0.15) is 0 Å². The molecule has 0 amide bonds. The monoisotopic (exact) mass is 383 g/mol. The summed E-state index contributed by atoms with van der Waals surface area (Å²) in [5, 5.41) is 3.15. The fraction of sp³-hybridized carbons (Fsp3) is 0.929. The van der Waals surface area contributed by atoms with Crippen LogP contribution in [0.2, 0.25) is 0 Å². The lowest BCUT2D eigenvalue weighted by atomic mass is 10.2. The van der Waals surface area contributed by atoms with E-state index in [-0.39, 0.29) is 24.0 Å². The molecule has 1 fully saturated rings. The van der Waals surface area contributed by atoms with Crippen LogP contribution in [0.1, 0.15) is 51.9 Å². The number of ether oxygens (including phenoxy) is 1. The predicted molar refractivity (Wildman–Crippen MR) is 92.2 cm³/mol. The van der Waals surface area contributed by atoms with Crippen LogP contribution in [0.15, 0.2) is 4.99 Å². The van der Waals surface area contributed by atoms with Crippen LogP contribution in [0.5, 0.6) is 0 Å². The van der Waals surface area contributed by atoms with E-state index < -0.39 is 0 Å². The Kier molecular flexibility index (Phi) is 12.9. The number of rotatable bonds is 11. The number of unbranched alkanes of at least 4 members (excludes halogenated alkanes) is 3. The molecule has 4 nitrogen and oxygen atoms in total. The van der Waals surface area contributed by atoms with Gasteiger partial charge in [0.2, 0.25) is 0 Å². The lowest BCUT2D eigenvalue weighted by Gasteiger charge is -2.05. The number of hydrogen-bond donors (Lipinski definition) is 2. The first kappa shape index (κ1) is 19.0. The van der Waals surface area contributed by atoms with Gasteiger partial charge in [-0.1, -0.05) is 26.2 Å². The third-order valence-corrected chi connectivity index (χ3v) is 3.12. The maximum absolute atomic E-state index is 5.76. The molecule has 5 heteroatoms. The first-order valence-electron chi connectivity index (χ1n) is 7.44. The molecule has 0 aromatic carbocycles. The summed E-state index contributed by atoms with van der Waals surface area (Å²) in [6.07, 6.45) is 8.69. The summed E-state index contributed by atoms with van der Waals surface area (Å²) in [5.74, 6) is 1.43. The van der Waals surface area contributed by atoms with E-state index in [9.17, 15) is 0 Å². The minimum atomic E-state index is 0. The van der Waals surface area contributed by atoms with Crippen molar-refractivity contribution in [3.63, 3.8) is 0 Å². The van der Waals surface area contributed by atoms with Crippen LogP contribution in [0.4, 0.5) is 0 Å². The van der Waals surface area contributed by atoms with Crippen molar-refractivity contribution in [1.82, 2.24) is 5.32 Å². The largest absolute Gasteiger partial charge is 0.381 e. The number of hydrogen-bond acceptors (Lipinski definition) is 2. The molecule has 0 atom stereocenters. The van der Waals surface area contributed by atoms with Gasteiger partial charge in [-0.3, -0.25) is 4.99 Å². The van der Waals surface area contributed by atoms with E-state index in [1.54, 1.807) is 0 Å². The molecule has 3 N–H and O–H groups in total. The van der Waals surface area contributed by atoms with Gasteiger partial charge < -0.3 is 15.8 Å². The Hall–Kier alpha value is -0.0400. The van der Waals surface area contributed by atoms with Crippen molar-refractivity contribution in [2.45, 2.75) is 51.9 Å². The predicted octanol–water partition coefficient (Wildman–Crippen LogP) is 2.91. The summed E-state index contributed by atoms with van der Waals surface area (Å²) in [6.45, 7) is 5.67. The van der Waals surface area contributed by atoms with E-state index in [4.69, 9.17) is 10.5 Å². The van der Waals surface area contributed by atoms with Crippen LogP contribution in [-0.2, 0) is 4.74 Å². The minimum Gasteiger partial charge on any atom is -0.381 e. The van der Waals surface area contributed by atoms with Gasteiger partial charge in [0.15, 0.2) is 5.96 Å². The summed E-state index contributed by atoms with van der Waals surface area (Å²) < 4.78 is 5.53. The van der Waals surface area contributed by atoms with Crippen molar-refractivity contribution in [2.24, 2.45) is 16.6 Å². The zero-order chi connectivity index (χ0) is 13.1. The van der Waals surface area contributed by atoms with Gasteiger partial charge in [0.25, 0.3) is 0 Å². The van der Waals surface area contributed by atoms with Gasteiger partial charge in [-0.05, 0) is 31.6 Å². The molecule has 0 unspecified atom stereocenters. The van der Waals surface area contributed by atoms with Crippen LogP contribution >= 0.6 is 24.0 Å². The van der Waals surface area contributed by atoms with Crippen molar-refractivity contribution < 1.29 is 4.74 Å². The smallest absolute Gasteiger partial charge is 0.188 e. The van der Waals surface area contributed by atoms with E-state index in [1.807, 2.05) is 0 Å². The molecule has 0 spiro atoms. The number of guanidine groups is 1. The van der Waals surface area contributed by atoms with Crippen LogP contribution in [-0.4, -0.2) is 32.3 Å². The van der Waals surface area contributed by atoms with E-state index in [1.165, 1.54) is 38.5 Å². The Bertz CT molecular complexity index is 233. The molecule has 1 saturated carbocycles. The van der Waals surface area contributed by atoms with Gasteiger partial charge in [-0.25, -0.2) is 0 Å². The average molecular weight is 383 g/mol. The fourth-order valence-electron chi connectivity index (χ4n) is 1.72. The van der Waals surface area contributed by atoms with Gasteiger partial charge in [0, 0.05) is 26.3 Å². The second kappa shape index (κ2) is 13.0. The first-order chi connectivity index (χ1) is 8.83.